The van der Waals surface area contributed by atoms with Crippen molar-refractivity contribution in [3.05, 3.63) is 0 Å². The smallest absolute Gasteiger partial charge is 0.0589 e. The number of hydrogen-bond acceptors (Lipinski definition) is 7. The van der Waals surface area contributed by atoms with Crippen LogP contribution in [0.25, 0.3) is 0 Å². The second kappa shape index (κ2) is 44.3. The zero-order valence-corrected chi connectivity index (χ0v) is 37.3. The van der Waals surface area contributed by atoms with E-state index in [9.17, 15) is 30.6 Å². The summed E-state index contributed by atoms with van der Waals surface area (Å²) >= 11 is 0. The van der Waals surface area contributed by atoms with E-state index < -0.39 is 36.6 Å². The van der Waals surface area contributed by atoms with Gasteiger partial charge >= 0.3 is 0 Å². The number of aliphatic hydroxyl groups excluding tert-OH is 7. The molecule has 0 aliphatic heterocycles. The average Bonchev–Trinajstić information content (AvgIpc) is 3.15. The number of unbranched alkanes of at least 4 members (excludes halogenated alkanes) is 32. The molecule has 0 aromatic rings. The minimum atomic E-state index is -0.944. The van der Waals surface area contributed by atoms with Crippen molar-refractivity contribution in [1.82, 2.24) is 0 Å². The highest BCUT2D eigenvalue weighted by Crippen LogP contribution is 2.20. The van der Waals surface area contributed by atoms with Gasteiger partial charge in [-0.2, -0.15) is 0 Å². The lowest BCUT2D eigenvalue weighted by Gasteiger charge is -2.22. The van der Waals surface area contributed by atoms with E-state index in [4.69, 9.17) is 5.11 Å². The molecule has 0 spiro atoms. The summed E-state index contributed by atoms with van der Waals surface area (Å²) in [5, 5.41) is 69.8. The molecule has 0 heterocycles. The van der Waals surface area contributed by atoms with E-state index in [1.807, 2.05) is 0 Å². The summed E-state index contributed by atoms with van der Waals surface area (Å²) in [4.78, 5) is 0. The highest BCUT2D eigenvalue weighted by atomic mass is 16.3. The Hall–Kier alpha value is -0.280. The van der Waals surface area contributed by atoms with Crippen LogP contribution in [-0.4, -0.2) is 79.0 Å². The summed E-state index contributed by atoms with van der Waals surface area (Å²) in [5.74, 6) is 0. The van der Waals surface area contributed by atoms with Crippen molar-refractivity contribution in [1.29, 1.82) is 0 Å². The van der Waals surface area contributed by atoms with Crippen LogP contribution in [0.5, 0.6) is 0 Å². The van der Waals surface area contributed by atoms with Gasteiger partial charge in [-0.05, 0) is 51.4 Å². The quantitative estimate of drug-likeness (QED) is 0.0304. The topological polar surface area (TPSA) is 142 Å². The molecule has 0 aliphatic carbocycles. The van der Waals surface area contributed by atoms with Gasteiger partial charge in [0.1, 0.15) is 0 Å². The van der Waals surface area contributed by atoms with Gasteiger partial charge < -0.3 is 35.7 Å². The normalized spacial score (nSPS) is 15.2. The fourth-order valence-electron chi connectivity index (χ4n) is 8.45. The molecule has 7 heteroatoms. The highest BCUT2D eigenvalue weighted by Gasteiger charge is 2.21. The Morgan fingerprint density at radius 3 is 0.625 bits per heavy atom. The van der Waals surface area contributed by atoms with Crippen molar-refractivity contribution in [2.24, 2.45) is 0 Å². The molecule has 0 rings (SSSR count). The van der Waals surface area contributed by atoms with Crippen molar-refractivity contribution in [3.63, 3.8) is 0 Å². The molecule has 7 nitrogen and oxygen atoms in total. The maximum absolute atomic E-state index is 10.3. The van der Waals surface area contributed by atoms with Crippen molar-refractivity contribution in [2.45, 2.75) is 307 Å². The standard InChI is InChI=1S/C49H100O7/c1-2-3-4-5-6-7-8-9-10-11-12-13-14-15-16-17-18-19-20-21-22-23-24-25-26-27-28-29-30-31-32-33-34-36-44(51)39-46(53)41-48(55)43-49(56)42-47(54)40-45(52)37-35-38-50/h44-56H,2-43H2,1H3. The van der Waals surface area contributed by atoms with Crippen LogP contribution in [0, 0.1) is 0 Å². The Labute approximate surface area is 348 Å². The summed E-state index contributed by atoms with van der Waals surface area (Å²) in [6.45, 7) is 2.28. The zero-order chi connectivity index (χ0) is 41.2. The highest BCUT2D eigenvalue weighted by molar-refractivity contribution is 4.74. The predicted molar refractivity (Wildman–Crippen MR) is 238 cm³/mol. The molecule has 0 amide bonds. The Bertz CT molecular complexity index is 739. The van der Waals surface area contributed by atoms with Gasteiger partial charge in [-0.25, -0.2) is 0 Å². The Balaban J connectivity index is 3.37. The van der Waals surface area contributed by atoms with Crippen LogP contribution in [0.1, 0.15) is 270 Å². The molecule has 6 unspecified atom stereocenters. The van der Waals surface area contributed by atoms with E-state index in [1.165, 1.54) is 199 Å². The van der Waals surface area contributed by atoms with Crippen LogP contribution in [0.2, 0.25) is 0 Å². The minimum Gasteiger partial charge on any atom is -0.396 e. The van der Waals surface area contributed by atoms with E-state index in [0.717, 1.165) is 12.8 Å². The second-order valence-electron chi connectivity index (χ2n) is 18.1. The lowest BCUT2D eigenvalue weighted by atomic mass is 9.96. The first kappa shape index (κ1) is 55.7. The third-order valence-corrected chi connectivity index (χ3v) is 12.1. The number of hydrogen-bond donors (Lipinski definition) is 7. The van der Waals surface area contributed by atoms with Crippen LogP contribution < -0.4 is 0 Å². The Morgan fingerprint density at radius 2 is 0.411 bits per heavy atom. The SMILES string of the molecule is CCCCCCCCCCCCCCCCCCCCCCCCCCCCCCCCCCCC(O)CC(O)CC(O)CC(O)CC(O)CC(O)CCCO. The van der Waals surface area contributed by atoms with Gasteiger partial charge in [0.2, 0.25) is 0 Å². The molecule has 0 saturated carbocycles. The van der Waals surface area contributed by atoms with Crippen molar-refractivity contribution in [2.75, 3.05) is 6.61 Å². The van der Waals surface area contributed by atoms with Crippen molar-refractivity contribution < 1.29 is 35.7 Å². The first-order chi connectivity index (χ1) is 27.3. The van der Waals surface area contributed by atoms with Crippen LogP contribution >= 0.6 is 0 Å². The summed E-state index contributed by atoms with van der Waals surface area (Å²) < 4.78 is 0. The molecule has 6 atom stereocenters. The average molecular weight is 801 g/mol. The van der Waals surface area contributed by atoms with Crippen LogP contribution in [0.4, 0.5) is 0 Å². The van der Waals surface area contributed by atoms with Crippen LogP contribution in [-0.2, 0) is 0 Å². The van der Waals surface area contributed by atoms with Gasteiger partial charge in [-0.1, -0.05) is 219 Å². The fourth-order valence-corrected chi connectivity index (χ4v) is 8.45. The fraction of sp³-hybridized carbons (Fsp3) is 1.00. The number of rotatable bonds is 47. The van der Waals surface area contributed by atoms with Gasteiger partial charge in [-0.3, -0.25) is 0 Å². The largest absolute Gasteiger partial charge is 0.396 e. The monoisotopic (exact) mass is 801 g/mol. The number of aliphatic hydroxyl groups is 7. The van der Waals surface area contributed by atoms with E-state index >= 15 is 0 Å². The zero-order valence-electron chi connectivity index (χ0n) is 37.3. The molecule has 0 fully saturated rings. The minimum absolute atomic E-state index is 0.0151. The molecule has 0 aromatic heterocycles. The summed E-state index contributed by atoms with van der Waals surface area (Å²) in [5.41, 5.74) is 0. The third kappa shape index (κ3) is 43.3. The van der Waals surface area contributed by atoms with E-state index in [0.29, 0.717) is 19.3 Å². The lowest BCUT2D eigenvalue weighted by Crippen LogP contribution is -2.28. The summed E-state index contributed by atoms with van der Waals surface area (Å²) in [6, 6.07) is 0. The van der Waals surface area contributed by atoms with E-state index in [2.05, 4.69) is 6.92 Å². The second-order valence-corrected chi connectivity index (χ2v) is 18.1. The maximum Gasteiger partial charge on any atom is 0.0589 e. The predicted octanol–water partition coefficient (Wildman–Crippen LogP) is 12.2. The molecule has 0 radical (unpaired) electrons. The van der Waals surface area contributed by atoms with E-state index in [-0.39, 0.29) is 38.7 Å². The van der Waals surface area contributed by atoms with Gasteiger partial charge in [-0.15, -0.1) is 0 Å². The van der Waals surface area contributed by atoms with Gasteiger partial charge in [0.25, 0.3) is 0 Å². The third-order valence-electron chi connectivity index (χ3n) is 12.1. The van der Waals surface area contributed by atoms with Gasteiger partial charge in [0, 0.05) is 6.61 Å². The molecule has 0 aromatic carbocycles. The van der Waals surface area contributed by atoms with Gasteiger partial charge in [0.05, 0.1) is 36.6 Å². The summed E-state index contributed by atoms with van der Waals surface area (Å²) in [7, 11) is 0. The molecule has 0 saturated heterocycles. The van der Waals surface area contributed by atoms with Gasteiger partial charge in [0.15, 0.2) is 0 Å². The molecule has 7 N–H and O–H groups in total. The van der Waals surface area contributed by atoms with Crippen molar-refractivity contribution >= 4 is 0 Å². The lowest BCUT2D eigenvalue weighted by molar-refractivity contribution is -0.00228. The molecular formula is C49H100O7. The summed E-state index contributed by atoms with van der Waals surface area (Å²) in [6.07, 6.45) is 42.9. The van der Waals surface area contributed by atoms with Crippen molar-refractivity contribution in [3.8, 4) is 0 Å². The Kier molecular flexibility index (Phi) is 44.1. The van der Waals surface area contributed by atoms with Crippen LogP contribution in [0.15, 0.2) is 0 Å². The molecule has 56 heavy (non-hydrogen) atoms. The molecule has 338 valence electrons. The molecule has 0 aliphatic rings. The first-order valence-electron chi connectivity index (χ1n) is 25.0. The van der Waals surface area contributed by atoms with Crippen LogP contribution in [0.3, 0.4) is 0 Å². The molecule has 0 bridgehead atoms. The Morgan fingerprint density at radius 1 is 0.232 bits per heavy atom. The maximum atomic E-state index is 10.3. The van der Waals surface area contributed by atoms with E-state index in [1.54, 1.807) is 0 Å². The molecular weight excluding hydrogens is 701 g/mol. The first-order valence-corrected chi connectivity index (χ1v) is 25.0.